The molecule has 0 saturated heterocycles. The fourth-order valence-electron chi connectivity index (χ4n) is 2.34. The maximum Gasteiger partial charge on any atom is 0.328 e. The Balaban J connectivity index is 2.31. The van der Waals surface area contributed by atoms with Crippen molar-refractivity contribution in [2.75, 3.05) is 13.2 Å². The minimum atomic E-state index is -1.39. The Bertz CT molecular complexity index is 672. The van der Waals surface area contributed by atoms with Gasteiger partial charge in [-0.1, -0.05) is 33.1 Å². The predicted molar refractivity (Wildman–Crippen MR) is 108 cm³/mol. The molecule has 28 heavy (non-hydrogen) atoms. The van der Waals surface area contributed by atoms with Crippen LogP contribution in [0.2, 0.25) is 0 Å². The van der Waals surface area contributed by atoms with Gasteiger partial charge in [0.25, 0.3) is 0 Å². The van der Waals surface area contributed by atoms with Crippen LogP contribution in [-0.4, -0.2) is 52.2 Å². The molecule has 0 bridgehead atoms. The van der Waals surface area contributed by atoms with Crippen molar-refractivity contribution in [2.24, 2.45) is 5.92 Å². The van der Waals surface area contributed by atoms with Gasteiger partial charge in [0.15, 0.2) is 0 Å². The number of carbonyl (C=O) groups is 3. The summed E-state index contributed by atoms with van der Waals surface area (Å²) in [4.78, 5) is 38.5. The van der Waals surface area contributed by atoms with Crippen molar-refractivity contribution >= 4 is 35.2 Å². The molecule has 1 rings (SSSR count). The number of aliphatic hydroxyl groups excluding tert-OH is 1. The van der Waals surface area contributed by atoms with E-state index in [1.165, 1.54) is 25.3 Å². The molecule has 0 aliphatic heterocycles. The largest absolute Gasteiger partial charge is 0.480 e. The molecule has 1 aromatic heterocycles. The van der Waals surface area contributed by atoms with Crippen LogP contribution in [-0.2, 0) is 20.8 Å². The van der Waals surface area contributed by atoms with E-state index in [2.05, 4.69) is 29.5 Å². The molecule has 4 N–H and O–H groups in total. The number of aliphatic carboxylic acids is 1. The number of aliphatic hydroxyl groups is 1. The number of nitrogens with zero attached hydrogens (tertiary/aromatic N) is 1. The van der Waals surface area contributed by atoms with Crippen LogP contribution in [0.3, 0.4) is 0 Å². The number of nitrogens with one attached hydrogen (secondary N) is 2. The number of carboxylic acids is 1. The number of thiazole rings is 1. The summed E-state index contributed by atoms with van der Waals surface area (Å²) in [6, 6.07) is -1.39. The number of rotatable bonds is 13. The van der Waals surface area contributed by atoms with Crippen LogP contribution in [0.1, 0.15) is 50.2 Å². The molecule has 1 atom stereocenters. The van der Waals surface area contributed by atoms with E-state index in [0.717, 1.165) is 23.8 Å². The number of hydrogen-bond acceptors (Lipinski definition) is 6. The summed E-state index contributed by atoms with van der Waals surface area (Å²) in [5.41, 5.74) is 0.688. The summed E-state index contributed by atoms with van der Waals surface area (Å²) in [6.45, 7) is 3.35. The van der Waals surface area contributed by atoms with E-state index >= 15 is 0 Å². The molecule has 1 aromatic rings. The van der Waals surface area contributed by atoms with Gasteiger partial charge in [-0.15, -0.1) is 11.3 Å². The van der Waals surface area contributed by atoms with Gasteiger partial charge in [0.1, 0.15) is 6.04 Å². The number of carbonyl (C=O) groups excluding carboxylic acids is 2. The Morgan fingerprint density at radius 3 is 2.64 bits per heavy atom. The average molecular weight is 412 g/mol. The molecule has 0 aliphatic rings. The Kier molecular flexibility index (Phi) is 11.0. The number of hydrogen-bond donors (Lipinski definition) is 4. The highest BCUT2D eigenvalue weighted by molar-refractivity contribution is 7.09. The highest BCUT2D eigenvalue weighted by atomic mass is 32.1. The van der Waals surface area contributed by atoms with Crippen LogP contribution in [0.25, 0.3) is 6.08 Å². The van der Waals surface area contributed by atoms with Crippen LogP contribution in [0.4, 0.5) is 0 Å². The second kappa shape index (κ2) is 13.0. The molecular weight excluding hydrogens is 382 g/mol. The first-order valence-corrected chi connectivity index (χ1v) is 10.2. The number of amides is 2. The van der Waals surface area contributed by atoms with Crippen molar-refractivity contribution in [3.63, 3.8) is 0 Å². The van der Waals surface area contributed by atoms with Crippen molar-refractivity contribution in [1.29, 1.82) is 0 Å². The van der Waals surface area contributed by atoms with Gasteiger partial charge in [0.2, 0.25) is 11.8 Å². The normalized spacial score (nSPS) is 12.3. The number of carboxylic acid groups (broad SMARTS) is 1. The Hall–Kier alpha value is -2.26. The van der Waals surface area contributed by atoms with Crippen molar-refractivity contribution in [3.8, 4) is 0 Å². The molecule has 0 radical (unpaired) electrons. The van der Waals surface area contributed by atoms with Crippen LogP contribution in [0, 0.1) is 5.92 Å². The Labute approximate surface area is 169 Å². The molecule has 0 spiro atoms. The molecule has 8 nitrogen and oxygen atoms in total. The van der Waals surface area contributed by atoms with E-state index in [1.54, 1.807) is 17.4 Å². The fraction of sp³-hybridized carbons (Fsp3) is 0.579. The molecule has 2 amide bonds. The molecule has 156 valence electrons. The Morgan fingerprint density at radius 1 is 1.25 bits per heavy atom. The zero-order valence-corrected chi connectivity index (χ0v) is 17.1. The third-order valence-corrected chi connectivity index (χ3v) is 4.81. The van der Waals surface area contributed by atoms with Gasteiger partial charge >= 0.3 is 5.97 Å². The molecule has 0 aliphatic carbocycles. The second-order valence-electron chi connectivity index (χ2n) is 6.85. The highest BCUT2D eigenvalue weighted by Crippen LogP contribution is 2.15. The smallest absolute Gasteiger partial charge is 0.328 e. The zero-order valence-electron chi connectivity index (χ0n) is 16.3. The molecule has 9 heteroatoms. The number of unbranched alkanes of at least 4 members (excludes halogenated alkanes) is 2. The summed E-state index contributed by atoms with van der Waals surface area (Å²) >= 11 is 1.56. The monoisotopic (exact) mass is 411 g/mol. The topological polar surface area (TPSA) is 129 Å². The SMILES string of the molecule is CC(C)CCCCCc1nc(/C=C/C(=O)NCC(=O)NC(CO)C(=O)O)cs1. The third-order valence-electron chi connectivity index (χ3n) is 3.89. The van der Waals surface area contributed by atoms with Gasteiger partial charge in [-0.05, 0) is 24.8 Å². The molecule has 0 aromatic carbocycles. The lowest BCUT2D eigenvalue weighted by molar-refractivity contribution is -0.142. The maximum absolute atomic E-state index is 11.7. The van der Waals surface area contributed by atoms with E-state index in [1.807, 2.05) is 5.38 Å². The zero-order chi connectivity index (χ0) is 20.9. The van der Waals surface area contributed by atoms with Gasteiger partial charge in [-0.2, -0.15) is 0 Å². The van der Waals surface area contributed by atoms with Crippen molar-refractivity contribution < 1.29 is 24.6 Å². The lowest BCUT2D eigenvalue weighted by atomic mass is 10.0. The summed E-state index contributed by atoms with van der Waals surface area (Å²) in [5.74, 6) is -1.80. The van der Waals surface area contributed by atoms with E-state index in [0.29, 0.717) is 5.69 Å². The van der Waals surface area contributed by atoms with Gasteiger partial charge in [-0.25, -0.2) is 9.78 Å². The lowest BCUT2D eigenvalue weighted by Gasteiger charge is -2.11. The quantitative estimate of drug-likeness (QED) is 0.288. The standard InChI is InChI=1S/C19H29N3O5S/c1-13(2)6-4-3-5-7-18-21-14(12-28-18)8-9-16(24)20-10-17(25)22-15(11-23)19(26)27/h8-9,12-13,15,23H,3-7,10-11H2,1-2H3,(H,20,24)(H,22,25)(H,26,27)/b9-8+. The summed E-state index contributed by atoms with van der Waals surface area (Å²) in [7, 11) is 0. The number of aromatic nitrogens is 1. The third kappa shape index (κ3) is 10.2. The molecule has 1 unspecified atom stereocenters. The first kappa shape index (κ1) is 23.8. The molecule has 0 saturated carbocycles. The Morgan fingerprint density at radius 2 is 2.00 bits per heavy atom. The van der Waals surface area contributed by atoms with Crippen LogP contribution < -0.4 is 10.6 Å². The molecule has 0 fully saturated rings. The van der Waals surface area contributed by atoms with Crippen LogP contribution in [0.5, 0.6) is 0 Å². The maximum atomic E-state index is 11.7. The van der Waals surface area contributed by atoms with Crippen molar-refractivity contribution in [3.05, 3.63) is 22.2 Å². The van der Waals surface area contributed by atoms with E-state index in [4.69, 9.17) is 10.2 Å². The summed E-state index contributed by atoms with van der Waals surface area (Å²) < 4.78 is 0. The lowest BCUT2D eigenvalue weighted by Crippen LogP contribution is -2.47. The summed E-state index contributed by atoms with van der Waals surface area (Å²) in [5, 5.41) is 24.9. The van der Waals surface area contributed by atoms with Crippen LogP contribution >= 0.6 is 11.3 Å². The molecule has 1 heterocycles. The van der Waals surface area contributed by atoms with Crippen molar-refractivity contribution in [2.45, 2.75) is 52.0 Å². The first-order valence-electron chi connectivity index (χ1n) is 9.35. The highest BCUT2D eigenvalue weighted by Gasteiger charge is 2.18. The summed E-state index contributed by atoms with van der Waals surface area (Å²) in [6.07, 6.45) is 8.54. The van der Waals surface area contributed by atoms with Gasteiger partial charge in [-0.3, -0.25) is 9.59 Å². The van der Waals surface area contributed by atoms with E-state index in [-0.39, 0.29) is 6.54 Å². The molecular formula is C19H29N3O5S. The van der Waals surface area contributed by atoms with Gasteiger partial charge in [0, 0.05) is 11.5 Å². The van der Waals surface area contributed by atoms with Gasteiger partial charge in [0.05, 0.1) is 23.9 Å². The minimum absolute atomic E-state index is 0.383. The van der Waals surface area contributed by atoms with Crippen LogP contribution in [0.15, 0.2) is 11.5 Å². The van der Waals surface area contributed by atoms with Crippen molar-refractivity contribution in [1.82, 2.24) is 15.6 Å². The fourth-order valence-corrected chi connectivity index (χ4v) is 3.15. The van der Waals surface area contributed by atoms with Gasteiger partial charge < -0.3 is 20.8 Å². The minimum Gasteiger partial charge on any atom is -0.480 e. The number of aryl methyl sites for hydroxylation is 1. The average Bonchev–Trinajstić information content (AvgIpc) is 3.09. The van der Waals surface area contributed by atoms with E-state index in [9.17, 15) is 14.4 Å². The first-order chi connectivity index (χ1) is 13.3. The predicted octanol–water partition coefficient (Wildman–Crippen LogP) is 1.59. The van der Waals surface area contributed by atoms with E-state index < -0.39 is 30.4 Å². The second-order valence-corrected chi connectivity index (χ2v) is 7.79.